The molecule has 1 aromatic heterocycles. The van der Waals surface area contributed by atoms with Crippen LogP contribution in [-0.2, 0) is 6.42 Å². The molecule has 28 heavy (non-hydrogen) atoms. The van der Waals surface area contributed by atoms with Gasteiger partial charge in [0.2, 0.25) is 11.7 Å². The van der Waals surface area contributed by atoms with Gasteiger partial charge in [0.15, 0.2) is 0 Å². The largest absolute Gasteiger partial charge is 0.339 e. The van der Waals surface area contributed by atoms with Crippen molar-refractivity contribution in [3.63, 3.8) is 0 Å². The Morgan fingerprint density at radius 3 is 2.46 bits per heavy atom. The number of halogens is 1. The molecule has 0 saturated heterocycles. The molecule has 2 aromatic carbocycles. The van der Waals surface area contributed by atoms with E-state index in [2.05, 4.69) is 39.9 Å². The third-order valence-electron chi connectivity index (χ3n) is 4.82. The van der Waals surface area contributed by atoms with Crippen LogP contribution in [-0.4, -0.2) is 33.5 Å². The zero-order valence-corrected chi connectivity index (χ0v) is 17.9. The molecule has 5 nitrogen and oxygen atoms in total. The normalized spacial score (nSPS) is 12.0. The first kappa shape index (κ1) is 20.3. The minimum Gasteiger partial charge on any atom is -0.339 e. The fraction of sp³-hybridized carbons (Fsp3) is 0.318. The van der Waals surface area contributed by atoms with Crippen molar-refractivity contribution in [2.45, 2.75) is 39.7 Å². The van der Waals surface area contributed by atoms with E-state index in [-0.39, 0.29) is 11.9 Å². The first-order chi connectivity index (χ1) is 13.5. The summed E-state index contributed by atoms with van der Waals surface area (Å²) in [5.74, 6) is 1.12. The number of hydrogen-bond donors (Lipinski definition) is 0. The maximum Gasteiger partial charge on any atom is 0.254 e. The van der Waals surface area contributed by atoms with Gasteiger partial charge in [-0.05, 0) is 56.7 Å². The lowest BCUT2D eigenvalue weighted by molar-refractivity contribution is 0.0686. The van der Waals surface area contributed by atoms with Gasteiger partial charge in [-0.1, -0.05) is 45.7 Å². The number of aromatic nitrogens is 2. The highest BCUT2D eigenvalue weighted by atomic mass is 79.9. The summed E-state index contributed by atoms with van der Waals surface area (Å²) in [6.45, 7) is 6.69. The van der Waals surface area contributed by atoms with Gasteiger partial charge in [-0.25, -0.2) is 0 Å². The molecule has 0 N–H and O–H groups in total. The fourth-order valence-electron chi connectivity index (χ4n) is 2.89. The van der Waals surface area contributed by atoms with Crippen molar-refractivity contribution in [2.24, 2.45) is 0 Å². The molecule has 0 spiro atoms. The lowest BCUT2D eigenvalue weighted by Crippen LogP contribution is -2.39. The molecule has 1 atom stereocenters. The third kappa shape index (κ3) is 4.87. The minimum absolute atomic E-state index is 0.0296. The van der Waals surface area contributed by atoms with Gasteiger partial charge < -0.3 is 9.42 Å². The van der Waals surface area contributed by atoms with Gasteiger partial charge in [0.05, 0.1) is 0 Å². The van der Waals surface area contributed by atoms with Crippen LogP contribution in [0.25, 0.3) is 11.4 Å². The highest BCUT2D eigenvalue weighted by molar-refractivity contribution is 9.10. The number of rotatable bonds is 7. The van der Waals surface area contributed by atoms with E-state index in [1.54, 1.807) is 0 Å². The lowest BCUT2D eigenvalue weighted by atomic mass is 10.1. The molecule has 0 bridgehead atoms. The standard InChI is InChI=1S/C22H24BrN3O2/c1-4-16(3)26(22(27)18-7-5-15(2)6-8-18)14-13-20-24-21(25-28-20)17-9-11-19(23)12-10-17/h5-12,16H,4,13-14H2,1-3H3/t16-/m1/s1. The zero-order chi connectivity index (χ0) is 20.1. The number of carbonyl (C=O) groups is 1. The number of hydrogen-bond acceptors (Lipinski definition) is 4. The molecule has 6 heteroatoms. The van der Waals surface area contributed by atoms with Crippen molar-refractivity contribution in [3.8, 4) is 11.4 Å². The Balaban J connectivity index is 1.71. The van der Waals surface area contributed by atoms with E-state index in [4.69, 9.17) is 4.52 Å². The molecule has 0 fully saturated rings. The number of aryl methyl sites for hydroxylation is 1. The van der Waals surface area contributed by atoms with Crippen molar-refractivity contribution in [1.29, 1.82) is 0 Å². The highest BCUT2D eigenvalue weighted by Gasteiger charge is 2.21. The predicted octanol–water partition coefficient (Wildman–Crippen LogP) is 5.29. The van der Waals surface area contributed by atoms with Crippen molar-refractivity contribution in [2.75, 3.05) is 6.54 Å². The monoisotopic (exact) mass is 441 g/mol. The fourth-order valence-corrected chi connectivity index (χ4v) is 3.16. The predicted molar refractivity (Wildman–Crippen MR) is 113 cm³/mol. The number of amides is 1. The van der Waals surface area contributed by atoms with E-state index >= 15 is 0 Å². The van der Waals surface area contributed by atoms with E-state index in [9.17, 15) is 4.79 Å². The molecule has 3 rings (SSSR count). The molecule has 0 aliphatic rings. The minimum atomic E-state index is 0.0296. The van der Waals surface area contributed by atoms with Crippen LogP contribution in [0.3, 0.4) is 0 Å². The first-order valence-corrected chi connectivity index (χ1v) is 10.2. The summed E-state index contributed by atoms with van der Waals surface area (Å²) >= 11 is 3.42. The summed E-state index contributed by atoms with van der Waals surface area (Å²) in [5.41, 5.74) is 2.73. The van der Waals surface area contributed by atoms with E-state index in [1.807, 2.05) is 60.4 Å². The maximum absolute atomic E-state index is 13.0. The van der Waals surface area contributed by atoms with E-state index in [0.29, 0.717) is 30.2 Å². The van der Waals surface area contributed by atoms with Crippen molar-refractivity contribution in [1.82, 2.24) is 15.0 Å². The summed E-state index contributed by atoms with van der Waals surface area (Å²) < 4.78 is 6.40. The van der Waals surface area contributed by atoms with Gasteiger partial charge in [0, 0.05) is 34.6 Å². The van der Waals surface area contributed by atoms with Gasteiger partial charge in [0.25, 0.3) is 5.91 Å². The topological polar surface area (TPSA) is 59.2 Å². The van der Waals surface area contributed by atoms with Crippen molar-refractivity contribution in [3.05, 3.63) is 70.0 Å². The molecule has 1 heterocycles. The second-order valence-electron chi connectivity index (χ2n) is 6.89. The molecule has 146 valence electrons. The second kappa shape index (κ2) is 9.15. The van der Waals surface area contributed by atoms with Crippen LogP contribution in [0.4, 0.5) is 0 Å². The molecule has 0 saturated carbocycles. The highest BCUT2D eigenvalue weighted by Crippen LogP contribution is 2.19. The first-order valence-electron chi connectivity index (χ1n) is 9.44. The van der Waals surface area contributed by atoms with Gasteiger partial charge in [-0.15, -0.1) is 0 Å². The van der Waals surface area contributed by atoms with E-state index in [0.717, 1.165) is 22.0 Å². The Bertz CT molecular complexity index is 920. The SMILES string of the molecule is CC[C@@H](C)N(CCc1nc(-c2ccc(Br)cc2)no1)C(=O)c1ccc(C)cc1. The molecular formula is C22H24BrN3O2. The van der Waals surface area contributed by atoms with Crippen LogP contribution in [0, 0.1) is 6.92 Å². The van der Waals surface area contributed by atoms with E-state index in [1.165, 1.54) is 0 Å². The van der Waals surface area contributed by atoms with Crippen LogP contribution in [0.2, 0.25) is 0 Å². The van der Waals surface area contributed by atoms with Crippen LogP contribution in [0.5, 0.6) is 0 Å². The Labute approximate surface area is 173 Å². The van der Waals surface area contributed by atoms with Crippen LogP contribution >= 0.6 is 15.9 Å². The molecule has 0 radical (unpaired) electrons. The maximum atomic E-state index is 13.0. The molecular weight excluding hydrogens is 418 g/mol. The Morgan fingerprint density at radius 1 is 1.14 bits per heavy atom. The van der Waals surface area contributed by atoms with Crippen LogP contribution in [0.15, 0.2) is 57.5 Å². The quantitative estimate of drug-likeness (QED) is 0.499. The van der Waals surface area contributed by atoms with Gasteiger partial charge in [-0.3, -0.25) is 4.79 Å². The molecule has 1 amide bonds. The average Bonchev–Trinajstić information content (AvgIpc) is 3.17. The molecule has 0 aliphatic carbocycles. The number of carbonyl (C=O) groups excluding carboxylic acids is 1. The van der Waals surface area contributed by atoms with Gasteiger partial charge in [-0.2, -0.15) is 4.98 Å². The number of benzene rings is 2. The van der Waals surface area contributed by atoms with Crippen molar-refractivity contribution < 1.29 is 9.32 Å². The summed E-state index contributed by atoms with van der Waals surface area (Å²) in [7, 11) is 0. The summed E-state index contributed by atoms with van der Waals surface area (Å²) in [6.07, 6.45) is 1.40. The summed E-state index contributed by atoms with van der Waals surface area (Å²) in [6, 6.07) is 15.6. The van der Waals surface area contributed by atoms with Crippen LogP contribution in [0.1, 0.15) is 42.1 Å². The second-order valence-corrected chi connectivity index (χ2v) is 7.81. The summed E-state index contributed by atoms with van der Waals surface area (Å²) in [4.78, 5) is 19.4. The van der Waals surface area contributed by atoms with Crippen LogP contribution < -0.4 is 0 Å². The Hall–Kier alpha value is -2.47. The van der Waals surface area contributed by atoms with Gasteiger partial charge in [0.1, 0.15) is 0 Å². The zero-order valence-electron chi connectivity index (χ0n) is 16.4. The Kier molecular flexibility index (Phi) is 6.62. The molecule has 0 unspecified atom stereocenters. The van der Waals surface area contributed by atoms with E-state index < -0.39 is 0 Å². The third-order valence-corrected chi connectivity index (χ3v) is 5.35. The smallest absolute Gasteiger partial charge is 0.254 e. The lowest BCUT2D eigenvalue weighted by Gasteiger charge is -2.28. The van der Waals surface area contributed by atoms with Crippen molar-refractivity contribution >= 4 is 21.8 Å². The summed E-state index contributed by atoms with van der Waals surface area (Å²) in [5, 5.41) is 4.07. The molecule has 0 aliphatic heterocycles. The number of nitrogens with zero attached hydrogens (tertiary/aromatic N) is 3. The average molecular weight is 442 g/mol. The Morgan fingerprint density at radius 2 is 1.82 bits per heavy atom. The molecule has 3 aromatic rings. The van der Waals surface area contributed by atoms with Gasteiger partial charge >= 0.3 is 0 Å².